The fourth-order valence-corrected chi connectivity index (χ4v) is 3.39. The van der Waals surface area contributed by atoms with Crippen LogP contribution in [0.2, 0.25) is 0 Å². The highest BCUT2D eigenvalue weighted by atomic mass is 17.5. The Morgan fingerprint density at radius 1 is 0.786 bits per heavy atom. The summed E-state index contributed by atoms with van der Waals surface area (Å²) in [6, 6.07) is 5.12. The molecule has 0 atom stereocenters. The van der Waals surface area contributed by atoms with Gasteiger partial charge in [-0.15, -0.1) is 0 Å². The Morgan fingerprint density at radius 3 is 1.93 bits per heavy atom. The monoisotopic (exact) mass is 392 g/mol. The van der Waals surface area contributed by atoms with Gasteiger partial charge in [0, 0.05) is 0 Å². The molecule has 156 valence electrons. The Morgan fingerprint density at radius 2 is 1.36 bits per heavy atom. The zero-order valence-electron chi connectivity index (χ0n) is 17.0. The van der Waals surface area contributed by atoms with Crippen molar-refractivity contribution in [2.45, 2.75) is 90.6 Å². The highest BCUT2D eigenvalue weighted by molar-refractivity contribution is 5.89. The number of hydrogen-bond donors (Lipinski definition) is 0. The van der Waals surface area contributed by atoms with Gasteiger partial charge in [-0.3, -0.25) is 4.89 Å². The lowest BCUT2D eigenvalue weighted by molar-refractivity contribution is -0.453. The number of carbonyl (C=O) groups excluding carboxylic acids is 2. The average molecular weight is 392 g/mol. The SMILES string of the molecule is Cc1ccc(C(=O)OOOC(=O)OC2CCCCCCCCCCC2)cc1C. The Balaban J connectivity index is 1.71. The molecule has 1 aromatic carbocycles. The van der Waals surface area contributed by atoms with Gasteiger partial charge in [-0.2, -0.15) is 0 Å². The molecule has 0 N–H and O–H groups in total. The highest BCUT2D eigenvalue weighted by Gasteiger charge is 2.18. The van der Waals surface area contributed by atoms with Crippen LogP contribution in [0.5, 0.6) is 0 Å². The number of aryl methyl sites for hydroxylation is 2. The minimum Gasteiger partial charge on any atom is -0.429 e. The smallest absolute Gasteiger partial charge is 0.429 e. The number of hydrogen-bond acceptors (Lipinski definition) is 6. The van der Waals surface area contributed by atoms with E-state index in [1.165, 1.54) is 32.1 Å². The van der Waals surface area contributed by atoms with E-state index < -0.39 is 12.1 Å². The van der Waals surface area contributed by atoms with Crippen molar-refractivity contribution in [1.82, 2.24) is 0 Å². The number of carbonyl (C=O) groups is 2. The van der Waals surface area contributed by atoms with E-state index >= 15 is 0 Å². The van der Waals surface area contributed by atoms with Crippen molar-refractivity contribution < 1.29 is 29.1 Å². The van der Waals surface area contributed by atoms with Crippen LogP contribution in [-0.4, -0.2) is 18.2 Å². The second kappa shape index (κ2) is 12.4. The van der Waals surface area contributed by atoms with E-state index in [1.54, 1.807) is 12.1 Å². The van der Waals surface area contributed by atoms with E-state index in [2.05, 4.69) is 14.8 Å². The molecule has 2 rings (SSSR count). The largest absolute Gasteiger partial charge is 0.543 e. The van der Waals surface area contributed by atoms with Crippen molar-refractivity contribution in [3.05, 3.63) is 34.9 Å². The molecule has 1 aliphatic carbocycles. The van der Waals surface area contributed by atoms with Gasteiger partial charge in [0.05, 0.1) is 10.6 Å². The third kappa shape index (κ3) is 8.30. The number of rotatable bonds is 4. The predicted molar refractivity (Wildman–Crippen MR) is 105 cm³/mol. The summed E-state index contributed by atoms with van der Waals surface area (Å²) < 4.78 is 5.34. The van der Waals surface area contributed by atoms with Gasteiger partial charge in [-0.1, -0.05) is 51.0 Å². The molecule has 0 spiro atoms. The van der Waals surface area contributed by atoms with Crippen LogP contribution < -0.4 is 0 Å². The second-order valence-electron chi connectivity index (χ2n) is 7.57. The molecule has 1 fully saturated rings. The molecule has 1 saturated carbocycles. The van der Waals surface area contributed by atoms with Gasteiger partial charge in [0.25, 0.3) is 0 Å². The van der Waals surface area contributed by atoms with Crippen LogP contribution in [0.3, 0.4) is 0 Å². The molecule has 0 radical (unpaired) electrons. The fourth-order valence-electron chi connectivity index (χ4n) is 3.39. The Bertz CT molecular complexity index is 615. The van der Waals surface area contributed by atoms with Crippen LogP contribution >= 0.6 is 0 Å². The second-order valence-corrected chi connectivity index (χ2v) is 7.57. The Kier molecular flexibility index (Phi) is 9.83. The van der Waals surface area contributed by atoms with Gasteiger partial charge in [0.2, 0.25) is 0 Å². The molecule has 28 heavy (non-hydrogen) atoms. The molecular weight excluding hydrogens is 360 g/mol. The first kappa shape index (κ1) is 22.2. The van der Waals surface area contributed by atoms with Gasteiger partial charge in [0.1, 0.15) is 6.10 Å². The average Bonchev–Trinajstić information content (AvgIpc) is 2.66. The van der Waals surface area contributed by atoms with Crippen LogP contribution in [0, 0.1) is 13.8 Å². The van der Waals surface area contributed by atoms with Gasteiger partial charge in [-0.25, -0.2) is 14.5 Å². The van der Waals surface area contributed by atoms with Crippen molar-refractivity contribution in [3.63, 3.8) is 0 Å². The number of ether oxygens (including phenoxy) is 1. The van der Waals surface area contributed by atoms with Crippen LogP contribution in [0.25, 0.3) is 0 Å². The molecule has 0 unspecified atom stereocenters. The highest BCUT2D eigenvalue weighted by Crippen LogP contribution is 2.19. The summed E-state index contributed by atoms with van der Waals surface area (Å²) in [5, 5.41) is 4.34. The van der Waals surface area contributed by atoms with Gasteiger partial charge < -0.3 is 4.74 Å². The summed E-state index contributed by atoms with van der Waals surface area (Å²) in [4.78, 5) is 32.7. The Labute approximate surface area is 167 Å². The van der Waals surface area contributed by atoms with Crippen LogP contribution in [-0.2, 0) is 19.6 Å². The summed E-state index contributed by atoms with van der Waals surface area (Å²) in [5.74, 6) is -0.734. The third-order valence-corrected chi connectivity index (χ3v) is 5.27. The maximum absolute atomic E-state index is 11.9. The summed E-state index contributed by atoms with van der Waals surface area (Å²) in [7, 11) is 0. The summed E-state index contributed by atoms with van der Waals surface area (Å²) >= 11 is 0. The molecule has 1 aromatic rings. The van der Waals surface area contributed by atoms with Gasteiger partial charge >= 0.3 is 12.1 Å². The lowest BCUT2D eigenvalue weighted by Gasteiger charge is -2.17. The maximum atomic E-state index is 11.9. The summed E-state index contributed by atoms with van der Waals surface area (Å²) in [5.41, 5.74) is 2.34. The van der Waals surface area contributed by atoms with E-state index in [0.29, 0.717) is 5.56 Å². The van der Waals surface area contributed by atoms with Crippen LogP contribution in [0.1, 0.15) is 92.1 Å². The molecular formula is C22H32O6. The summed E-state index contributed by atoms with van der Waals surface area (Å²) in [6.07, 6.45) is 11.2. The van der Waals surface area contributed by atoms with Crippen molar-refractivity contribution in [1.29, 1.82) is 0 Å². The first-order chi connectivity index (χ1) is 13.6. The predicted octanol–water partition coefficient (Wildman–Crippen LogP) is 6.13. The lowest BCUT2D eigenvalue weighted by Crippen LogP contribution is -2.20. The van der Waals surface area contributed by atoms with Gasteiger partial charge in [0.15, 0.2) is 0 Å². The van der Waals surface area contributed by atoms with E-state index in [-0.39, 0.29) is 6.10 Å². The van der Waals surface area contributed by atoms with E-state index in [0.717, 1.165) is 49.7 Å². The molecule has 6 heteroatoms. The molecule has 0 aromatic heterocycles. The van der Waals surface area contributed by atoms with Crippen molar-refractivity contribution in [3.8, 4) is 0 Å². The minimum absolute atomic E-state index is 0.189. The molecule has 0 heterocycles. The van der Waals surface area contributed by atoms with E-state index in [1.807, 2.05) is 19.9 Å². The van der Waals surface area contributed by atoms with Crippen LogP contribution in [0.15, 0.2) is 18.2 Å². The minimum atomic E-state index is -0.981. The van der Waals surface area contributed by atoms with Gasteiger partial charge in [-0.05, 0) is 62.8 Å². The first-order valence-corrected chi connectivity index (χ1v) is 10.4. The third-order valence-electron chi connectivity index (χ3n) is 5.27. The normalized spacial score (nSPS) is 17.1. The Hall–Kier alpha value is -2.08. The molecule has 1 aliphatic rings. The van der Waals surface area contributed by atoms with Crippen molar-refractivity contribution in [2.24, 2.45) is 0 Å². The van der Waals surface area contributed by atoms with Crippen molar-refractivity contribution in [2.75, 3.05) is 0 Å². The van der Waals surface area contributed by atoms with E-state index in [4.69, 9.17) is 4.74 Å². The first-order valence-electron chi connectivity index (χ1n) is 10.4. The molecule has 0 saturated heterocycles. The molecule has 6 nitrogen and oxygen atoms in total. The fraction of sp³-hybridized carbons (Fsp3) is 0.636. The molecule has 0 amide bonds. The number of benzene rings is 1. The standard InChI is InChI=1S/C22H32O6/c1-17-14-15-19(16-18(17)2)21(23)26-28-27-22(24)25-20-12-10-8-6-4-3-5-7-9-11-13-20/h14-16,20H,3-13H2,1-2H3. The zero-order chi connectivity index (χ0) is 20.2. The topological polar surface area (TPSA) is 71.1 Å². The lowest BCUT2D eigenvalue weighted by atomic mass is 9.99. The molecule has 0 aliphatic heterocycles. The van der Waals surface area contributed by atoms with Crippen molar-refractivity contribution >= 4 is 12.1 Å². The zero-order valence-corrected chi connectivity index (χ0v) is 17.0. The maximum Gasteiger partial charge on any atom is 0.543 e. The summed E-state index contributed by atoms with van der Waals surface area (Å²) in [6.45, 7) is 3.84. The quantitative estimate of drug-likeness (QED) is 0.348. The van der Waals surface area contributed by atoms with Crippen LogP contribution in [0.4, 0.5) is 4.79 Å². The molecule has 0 bridgehead atoms. The van der Waals surface area contributed by atoms with E-state index in [9.17, 15) is 9.59 Å².